The molecular weight excluding hydrogens is 1010 g/mol. The van der Waals surface area contributed by atoms with Crippen molar-refractivity contribution in [3.63, 3.8) is 0 Å². The van der Waals surface area contributed by atoms with E-state index in [1.54, 1.807) is 76.2 Å². The predicted octanol–water partition coefficient (Wildman–Crippen LogP) is 8.08. The monoisotopic (exact) mass is 1090 g/mol. The van der Waals surface area contributed by atoms with Crippen LogP contribution in [-0.4, -0.2) is 188 Å². The fraction of sp³-hybridized carbons (Fsp3) is 0.561. The molecule has 5 atom stereocenters. The second kappa shape index (κ2) is 29.0. The molecule has 6 rings (SSSR count). The zero-order chi connectivity index (χ0) is 58.0. The van der Waals surface area contributed by atoms with E-state index >= 15 is 0 Å². The van der Waals surface area contributed by atoms with Gasteiger partial charge in [0.05, 0.1) is 30.8 Å². The third-order valence-electron chi connectivity index (χ3n) is 12.1. The molecule has 3 saturated heterocycles. The van der Waals surface area contributed by atoms with Gasteiger partial charge in [-0.2, -0.15) is 0 Å². The van der Waals surface area contributed by atoms with Crippen LogP contribution in [0.1, 0.15) is 99.8 Å². The van der Waals surface area contributed by atoms with E-state index in [1.165, 1.54) is 36.3 Å². The largest absolute Gasteiger partial charge is 0.445 e. The molecular formula is C57H82N6O15. The molecule has 21 heteroatoms. The second-order valence-corrected chi connectivity index (χ2v) is 22.2. The maximum absolute atomic E-state index is 12.4. The Labute approximate surface area is 459 Å². The number of aliphatic hydroxyl groups is 2. The number of hydrogen-bond acceptors (Lipinski definition) is 15. The number of carbonyl (C=O) groups is 7. The highest BCUT2D eigenvalue weighted by Crippen LogP contribution is 2.22. The number of benzene rings is 3. The van der Waals surface area contributed by atoms with Gasteiger partial charge in [0.15, 0.2) is 5.78 Å². The van der Waals surface area contributed by atoms with Crippen LogP contribution in [0.15, 0.2) is 91.0 Å². The summed E-state index contributed by atoms with van der Waals surface area (Å²) in [7, 11) is 0. The summed E-state index contributed by atoms with van der Waals surface area (Å²) in [4.78, 5) is 94.9. The molecule has 3 aliphatic heterocycles. The number of hydrogen-bond donors (Lipinski definition) is 2. The summed E-state index contributed by atoms with van der Waals surface area (Å²) in [6.45, 7) is 23.4. The first-order chi connectivity index (χ1) is 36.5. The molecule has 0 aliphatic carbocycles. The fourth-order valence-electron chi connectivity index (χ4n) is 8.14. The molecule has 78 heavy (non-hydrogen) atoms. The highest BCUT2D eigenvalue weighted by molar-refractivity contribution is 5.87. The van der Waals surface area contributed by atoms with Gasteiger partial charge in [0.25, 0.3) is 0 Å². The van der Waals surface area contributed by atoms with Crippen LogP contribution >= 0.6 is 0 Å². The smallest absolute Gasteiger partial charge is 0.411 e. The summed E-state index contributed by atoms with van der Waals surface area (Å²) < 4.78 is 32.2. The molecule has 3 heterocycles. The molecule has 6 amide bonds. The molecule has 21 nitrogen and oxygen atoms in total. The molecule has 0 unspecified atom stereocenters. The van der Waals surface area contributed by atoms with Gasteiger partial charge in [-0.05, 0) is 99.8 Å². The zero-order valence-corrected chi connectivity index (χ0v) is 47.4. The van der Waals surface area contributed by atoms with E-state index in [1.807, 2.05) is 91.0 Å². The van der Waals surface area contributed by atoms with Crippen LogP contribution < -0.4 is 0 Å². The van der Waals surface area contributed by atoms with Gasteiger partial charge >= 0.3 is 36.6 Å². The lowest BCUT2D eigenvalue weighted by atomic mass is 10.1. The van der Waals surface area contributed by atoms with Gasteiger partial charge in [0, 0.05) is 52.4 Å². The van der Waals surface area contributed by atoms with Crippen LogP contribution in [0.3, 0.4) is 0 Å². The quantitative estimate of drug-likeness (QED) is 0.193. The van der Waals surface area contributed by atoms with E-state index in [9.17, 15) is 43.8 Å². The van der Waals surface area contributed by atoms with Gasteiger partial charge < -0.3 is 53.3 Å². The Balaban J connectivity index is 0.000000252. The Bertz CT molecular complexity index is 2300. The number of rotatable bonds is 9. The first kappa shape index (κ1) is 63.4. The van der Waals surface area contributed by atoms with Crippen LogP contribution in [0, 0.1) is 0 Å². The summed E-state index contributed by atoms with van der Waals surface area (Å²) in [5.74, 6) is -0.198. The van der Waals surface area contributed by atoms with Crippen molar-refractivity contribution in [3.8, 4) is 0 Å². The topological polar surface area (TPSA) is 235 Å². The molecule has 3 aromatic carbocycles. The summed E-state index contributed by atoms with van der Waals surface area (Å²) in [6.07, 6.45) is -4.52. The lowest BCUT2D eigenvalue weighted by Crippen LogP contribution is -2.60. The third kappa shape index (κ3) is 21.4. The van der Waals surface area contributed by atoms with Crippen molar-refractivity contribution in [3.05, 3.63) is 108 Å². The molecule has 0 spiro atoms. The second-order valence-electron chi connectivity index (χ2n) is 22.2. The van der Waals surface area contributed by atoms with Crippen molar-refractivity contribution in [1.29, 1.82) is 0 Å². The minimum Gasteiger partial charge on any atom is -0.445 e. The predicted molar refractivity (Wildman–Crippen MR) is 289 cm³/mol. The van der Waals surface area contributed by atoms with Crippen LogP contribution in [-0.2, 0) is 53.0 Å². The van der Waals surface area contributed by atoms with Crippen molar-refractivity contribution in [1.82, 2.24) is 29.4 Å². The van der Waals surface area contributed by atoms with Crippen LogP contribution in [0.5, 0.6) is 0 Å². The molecule has 3 aromatic rings. The molecule has 2 N–H and O–H groups in total. The Morgan fingerprint density at radius 3 is 0.974 bits per heavy atom. The van der Waals surface area contributed by atoms with E-state index in [0.717, 1.165) is 16.7 Å². The summed E-state index contributed by atoms with van der Waals surface area (Å²) in [6, 6.07) is 26.4. The summed E-state index contributed by atoms with van der Waals surface area (Å²) >= 11 is 0. The number of ketones is 1. The zero-order valence-electron chi connectivity index (χ0n) is 47.4. The van der Waals surface area contributed by atoms with Crippen LogP contribution in [0.4, 0.5) is 28.8 Å². The standard InChI is InChI=1S/2C19H28N2O5.C19H26N2O5/c3*1-14(22)16-12-20(10-11-21(16)18(24)26-19(2,3)4)17(23)25-13-15-8-6-5-7-9-15/h2*5-9,14,16,22H,10-13H2,1-4H3;5-9,16H,10-13H2,1-4H3/t14-,16+;14-,16-;16-/m011/s1. The van der Waals surface area contributed by atoms with Gasteiger partial charge in [0.2, 0.25) is 0 Å². The number of amides is 6. The minimum absolute atomic E-state index is 0.0994. The van der Waals surface area contributed by atoms with E-state index in [0.29, 0.717) is 13.1 Å². The van der Waals surface area contributed by atoms with Crippen molar-refractivity contribution >= 4 is 42.3 Å². The number of aliphatic hydroxyl groups excluding tert-OH is 2. The summed E-state index contributed by atoms with van der Waals surface area (Å²) in [5, 5.41) is 20.1. The average molecular weight is 1090 g/mol. The normalized spacial score (nSPS) is 18.6. The maximum Gasteiger partial charge on any atom is 0.411 e. The van der Waals surface area contributed by atoms with Crippen molar-refractivity contribution in [2.75, 3.05) is 58.9 Å². The molecule has 0 saturated carbocycles. The molecule has 430 valence electrons. The van der Waals surface area contributed by atoms with E-state index in [4.69, 9.17) is 28.4 Å². The van der Waals surface area contributed by atoms with Gasteiger partial charge in [-0.25, -0.2) is 28.8 Å². The van der Waals surface area contributed by atoms with Gasteiger partial charge in [0.1, 0.15) is 42.7 Å². The van der Waals surface area contributed by atoms with Crippen molar-refractivity contribution in [2.24, 2.45) is 0 Å². The highest BCUT2D eigenvalue weighted by atomic mass is 16.6. The Kier molecular flexibility index (Phi) is 23.6. The molecule has 3 aliphatic rings. The lowest BCUT2D eigenvalue weighted by molar-refractivity contribution is -0.124. The first-order valence-corrected chi connectivity index (χ1v) is 26.2. The molecule has 0 aromatic heterocycles. The van der Waals surface area contributed by atoms with Crippen molar-refractivity contribution < 1.29 is 72.2 Å². The van der Waals surface area contributed by atoms with Crippen LogP contribution in [0.2, 0.25) is 0 Å². The lowest BCUT2D eigenvalue weighted by Gasteiger charge is -2.42. The summed E-state index contributed by atoms with van der Waals surface area (Å²) in [5.41, 5.74) is 0.805. The first-order valence-electron chi connectivity index (χ1n) is 26.2. The number of carbonyl (C=O) groups excluding carboxylic acids is 7. The Hall–Kier alpha value is -7.13. The van der Waals surface area contributed by atoms with E-state index in [-0.39, 0.29) is 71.4 Å². The Morgan fingerprint density at radius 2 is 0.705 bits per heavy atom. The number of ether oxygens (including phenoxy) is 6. The highest BCUT2D eigenvalue weighted by Gasteiger charge is 2.41. The number of nitrogens with zero attached hydrogens (tertiary/aromatic N) is 6. The molecule has 3 fully saturated rings. The maximum atomic E-state index is 12.4. The van der Waals surface area contributed by atoms with Gasteiger partial charge in [-0.3, -0.25) is 19.5 Å². The SMILES string of the molecule is CC(=O)[C@H]1CN(C(=O)OCc2ccccc2)CCN1C(=O)OC(C)(C)C.C[C@@H](O)[C@H]1CN(C(=O)OCc2ccccc2)CCN1C(=O)OC(C)(C)C.C[C@H](O)[C@H]1CN(C(=O)OCc2ccccc2)CCN1C(=O)OC(C)(C)C. The Morgan fingerprint density at radius 1 is 0.436 bits per heavy atom. The average Bonchev–Trinajstić information content (AvgIpc) is 3.39. The third-order valence-corrected chi connectivity index (χ3v) is 12.1. The fourth-order valence-corrected chi connectivity index (χ4v) is 8.14. The van der Waals surface area contributed by atoms with Gasteiger partial charge in [-0.15, -0.1) is 0 Å². The number of piperazine rings is 3. The molecule has 0 radical (unpaired) electrons. The van der Waals surface area contributed by atoms with Crippen molar-refractivity contribution in [2.45, 2.75) is 150 Å². The van der Waals surface area contributed by atoms with Crippen LogP contribution in [0.25, 0.3) is 0 Å². The van der Waals surface area contributed by atoms with E-state index in [2.05, 4.69) is 0 Å². The molecule has 0 bridgehead atoms. The minimum atomic E-state index is -0.799. The van der Waals surface area contributed by atoms with E-state index < -0.39 is 83.7 Å². The van der Waals surface area contributed by atoms with Gasteiger partial charge in [-0.1, -0.05) is 91.0 Å². The number of Topliss-reactive ketones (excluding diaryl/α,β-unsaturated/α-hetero) is 1.